The van der Waals surface area contributed by atoms with Crippen molar-refractivity contribution >= 4 is 5.97 Å². The van der Waals surface area contributed by atoms with Gasteiger partial charge in [0.25, 0.3) is 0 Å². The molecular weight excluding hydrogens is 200 g/mol. The molecule has 0 aliphatic carbocycles. The van der Waals surface area contributed by atoms with E-state index in [2.05, 4.69) is 0 Å². The highest BCUT2D eigenvalue weighted by Gasteiger charge is 2.12. The molecule has 0 radical (unpaired) electrons. The topological polar surface area (TPSA) is 20.5 Å². The highest BCUT2D eigenvalue weighted by molar-refractivity contribution is 5.69. The summed E-state index contributed by atoms with van der Waals surface area (Å²) in [6.45, 7) is 3.60. The normalized spacial score (nSPS) is 21.2. The molecule has 0 N–H and O–H groups in total. The number of ether oxygens (including phenoxy) is 1. The first-order valence-electron chi connectivity index (χ1n) is 7.05. The van der Waals surface area contributed by atoms with Crippen LogP contribution in [0.5, 0.6) is 0 Å². The largest absolute Gasteiger partial charge is 0.484 e. The molecule has 0 aromatic rings. The van der Waals surface area contributed by atoms with E-state index in [1.807, 2.05) is 6.92 Å². The number of carbonyl (C=O) groups excluding carboxylic acids is 1. The molecule has 0 amide bonds. The highest BCUT2D eigenvalue weighted by atomic mass is 16.6. The van der Waals surface area contributed by atoms with E-state index in [9.17, 15) is 0 Å². The summed E-state index contributed by atoms with van der Waals surface area (Å²) < 4.78 is 11.2. The molecule has 0 aromatic carbocycles. The van der Waals surface area contributed by atoms with E-state index < -0.39 is 0 Å². The van der Waals surface area contributed by atoms with Crippen molar-refractivity contribution < 1.29 is 9.16 Å². The summed E-state index contributed by atoms with van der Waals surface area (Å²) in [5, 5.41) is 0. The first-order chi connectivity index (χ1) is 7.93. The zero-order valence-corrected chi connectivity index (χ0v) is 10.8. The lowest BCUT2D eigenvalue weighted by molar-refractivity contribution is -0.469. The molecule has 1 heterocycles. The van der Waals surface area contributed by atoms with Crippen LogP contribution in [-0.4, -0.2) is 19.2 Å². The van der Waals surface area contributed by atoms with Gasteiger partial charge >= 0.3 is 5.97 Å². The molecule has 2 nitrogen and oxygen atoms in total. The van der Waals surface area contributed by atoms with Crippen molar-refractivity contribution in [1.82, 2.24) is 0 Å². The quantitative estimate of drug-likeness (QED) is 0.490. The van der Waals surface area contributed by atoms with Crippen LogP contribution in [0.1, 0.15) is 71.1 Å². The van der Waals surface area contributed by atoms with Gasteiger partial charge < -0.3 is 9.16 Å². The Bertz CT molecular complexity index is 187. The Kier molecular flexibility index (Phi) is 8.19. The van der Waals surface area contributed by atoms with E-state index in [0.29, 0.717) is 0 Å². The lowest BCUT2D eigenvalue weighted by atomic mass is 10.1. The van der Waals surface area contributed by atoms with Crippen molar-refractivity contribution in [3.8, 4) is 0 Å². The van der Waals surface area contributed by atoms with Gasteiger partial charge in [0.15, 0.2) is 13.2 Å². The Morgan fingerprint density at radius 3 is 2.06 bits per heavy atom. The van der Waals surface area contributed by atoms with E-state index >= 15 is 0 Å². The minimum Gasteiger partial charge on any atom is -0.322 e. The van der Waals surface area contributed by atoms with Crippen LogP contribution in [0.2, 0.25) is 0 Å². The van der Waals surface area contributed by atoms with E-state index in [4.69, 9.17) is 9.16 Å². The van der Waals surface area contributed by atoms with Gasteiger partial charge in [-0.2, -0.15) is 0 Å². The fourth-order valence-electron chi connectivity index (χ4n) is 2.14. The van der Waals surface area contributed by atoms with Gasteiger partial charge in [0.2, 0.25) is 0 Å². The maximum absolute atomic E-state index is 5.69. The van der Waals surface area contributed by atoms with Crippen molar-refractivity contribution in [3.63, 3.8) is 0 Å². The Hall–Kier alpha value is -0.530. The SMILES string of the molecule is CCOC1=[O+]CCCCCCCCCCC1. The average Bonchev–Trinajstić information content (AvgIpc) is 2.31. The smallest absolute Gasteiger partial charge is 0.322 e. The predicted molar refractivity (Wildman–Crippen MR) is 67.7 cm³/mol. The molecular formula is C14H27O2+. The lowest BCUT2D eigenvalue weighted by Gasteiger charge is -1.99. The van der Waals surface area contributed by atoms with E-state index in [1.165, 1.54) is 57.8 Å². The zero-order valence-electron chi connectivity index (χ0n) is 10.8. The lowest BCUT2D eigenvalue weighted by Crippen LogP contribution is -2.09. The van der Waals surface area contributed by atoms with Crippen LogP contribution < -0.4 is 0 Å². The molecule has 1 aliphatic rings. The summed E-state index contributed by atoms with van der Waals surface area (Å²) in [5.74, 6) is 0.877. The fourth-order valence-corrected chi connectivity index (χ4v) is 2.14. The van der Waals surface area contributed by atoms with Crippen molar-refractivity contribution in [1.29, 1.82) is 0 Å². The number of hydrogen-bond donors (Lipinski definition) is 0. The monoisotopic (exact) mass is 227 g/mol. The molecule has 1 rings (SSSR count). The molecule has 1 aliphatic heterocycles. The molecule has 94 valence electrons. The van der Waals surface area contributed by atoms with Gasteiger partial charge in [0, 0.05) is 6.42 Å². The van der Waals surface area contributed by atoms with Crippen molar-refractivity contribution in [3.05, 3.63) is 0 Å². The Morgan fingerprint density at radius 1 is 0.875 bits per heavy atom. The molecule has 0 fully saturated rings. The fraction of sp³-hybridized carbons (Fsp3) is 0.929. The third kappa shape index (κ3) is 6.86. The zero-order chi connectivity index (χ0) is 11.5. The van der Waals surface area contributed by atoms with Crippen LogP contribution in [0, 0.1) is 0 Å². The van der Waals surface area contributed by atoms with Crippen LogP contribution in [0.4, 0.5) is 0 Å². The molecule has 2 heteroatoms. The van der Waals surface area contributed by atoms with E-state index in [-0.39, 0.29) is 0 Å². The average molecular weight is 227 g/mol. The summed E-state index contributed by atoms with van der Waals surface area (Å²) in [7, 11) is 0. The second kappa shape index (κ2) is 9.68. The minimum atomic E-state index is 0.731. The van der Waals surface area contributed by atoms with Gasteiger partial charge in [-0.05, 0) is 19.8 Å². The Labute approximate surface area is 100 Å². The van der Waals surface area contributed by atoms with Crippen LogP contribution in [-0.2, 0) is 9.16 Å². The summed E-state index contributed by atoms with van der Waals surface area (Å²) in [4.78, 5) is 0. The number of rotatable bonds is 1. The predicted octanol–water partition coefficient (Wildman–Crippen LogP) is 4.00. The van der Waals surface area contributed by atoms with Gasteiger partial charge in [0.1, 0.15) is 6.42 Å². The second-order valence-corrected chi connectivity index (χ2v) is 4.59. The van der Waals surface area contributed by atoms with Crippen LogP contribution >= 0.6 is 0 Å². The van der Waals surface area contributed by atoms with Crippen LogP contribution in [0.15, 0.2) is 0 Å². The maximum atomic E-state index is 5.69. The maximum Gasteiger partial charge on any atom is 0.484 e. The first kappa shape index (κ1) is 13.5. The summed E-state index contributed by atoms with van der Waals surface area (Å²) >= 11 is 0. The molecule has 0 saturated heterocycles. The minimum absolute atomic E-state index is 0.731. The van der Waals surface area contributed by atoms with E-state index in [1.54, 1.807) is 0 Å². The summed E-state index contributed by atoms with van der Waals surface area (Å²) in [6, 6.07) is 0. The van der Waals surface area contributed by atoms with Gasteiger partial charge in [-0.1, -0.05) is 38.5 Å². The van der Waals surface area contributed by atoms with Gasteiger partial charge in [-0.25, -0.2) is 0 Å². The third-order valence-corrected chi connectivity index (χ3v) is 3.09. The molecule has 0 aromatic heterocycles. The second-order valence-electron chi connectivity index (χ2n) is 4.59. The van der Waals surface area contributed by atoms with E-state index in [0.717, 1.165) is 25.6 Å². The van der Waals surface area contributed by atoms with Crippen molar-refractivity contribution in [2.24, 2.45) is 0 Å². The molecule has 0 saturated carbocycles. The Morgan fingerprint density at radius 2 is 1.44 bits per heavy atom. The summed E-state index contributed by atoms with van der Waals surface area (Å²) in [5.41, 5.74) is 0. The molecule has 0 atom stereocenters. The summed E-state index contributed by atoms with van der Waals surface area (Å²) in [6.07, 6.45) is 13.0. The van der Waals surface area contributed by atoms with Crippen LogP contribution in [0.25, 0.3) is 0 Å². The number of hydrogen-bond acceptors (Lipinski definition) is 1. The van der Waals surface area contributed by atoms with Gasteiger partial charge in [-0.3, -0.25) is 0 Å². The molecule has 0 spiro atoms. The van der Waals surface area contributed by atoms with Crippen molar-refractivity contribution in [2.45, 2.75) is 71.1 Å². The Balaban J connectivity index is 2.30. The number of esters is 1. The van der Waals surface area contributed by atoms with Gasteiger partial charge in [-0.15, -0.1) is 0 Å². The van der Waals surface area contributed by atoms with Gasteiger partial charge in [0.05, 0.1) is 0 Å². The highest BCUT2D eigenvalue weighted by Crippen LogP contribution is 2.11. The van der Waals surface area contributed by atoms with Crippen molar-refractivity contribution in [2.75, 3.05) is 13.2 Å². The van der Waals surface area contributed by atoms with Crippen LogP contribution in [0.3, 0.4) is 0 Å². The molecule has 0 unspecified atom stereocenters. The molecule has 16 heavy (non-hydrogen) atoms. The third-order valence-electron chi connectivity index (χ3n) is 3.09. The first-order valence-corrected chi connectivity index (χ1v) is 7.05. The standard InChI is InChI=1S/C14H27O2/c1-2-15-14-12-10-8-6-4-3-5-7-9-11-13-16-14/h2-13H2,1H3/q+1. The molecule has 0 bridgehead atoms.